The van der Waals surface area contributed by atoms with Gasteiger partial charge in [-0.25, -0.2) is 17.6 Å². The number of halogens is 4. The first-order valence-electron chi connectivity index (χ1n) is 2.25. The maximum Gasteiger partial charge on any atom is 0.309 e. The van der Waals surface area contributed by atoms with Gasteiger partial charge < -0.3 is 0 Å². The van der Waals surface area contributed by atoms with E-state index >= 15 is 0 Å². The lowest BCUT2D eigenvalue weighted by molar-refractivity contribution is -0.0704. The van der Waals surface area contributed by atoms with E-state index in [0.29, 0.717) is 6.08 Å². The van der Waals surface area contributed by atoms with E-state index < -0.39 is 18.8 Å². The number of hydrogen-bond acceptors (Lipinski definition) is 0. The van der Waals surface area contributed by atoms with Gasteiger partial charge in [0.25, 0.3) is 0 Å². The van der Waals surface area contributed by atoms with Crippen LogP contribution in [0.3, 0.4) is 0 Å². The Labute approximate surface area is 50.2 Å². The minimum absolute atomic E-state index is 0.375. The van der Waals surface area contributed by atoms with Crippen LogP contribution in [0.4, 0.5) is 17.6 Å². The summed E-state index contributed by atoms with van der Waals surface area (Å²) in [7, 11) is 0. The van der Waals surface area contributed by atoms with E-state index in [1.807, 2.05) is 0 Å². The molecule has 54 valence electrons. The van der Waals surface area contributed by atoms with Gasteiger partial charge in [-0.3, -0.25) is 0 Å². The van der Waals surface area contributed by atoms with Crippen LogP contribution in [-0.2, 0) is 0 Å². The minimum atomic E-state index is -3.90. The fraction of sp³-hybridized carbons (Fsp3) is 0.600. The molecule has 4 heteroatoms. The predicted octanol–water partition coefficient (Wildman–Crippen LogP) is 2.12. The van der Waals surface area contributed by atoms with Crippen LogP contribution in [-0.4, -0.2) is 18.8 Å². The van der Waals surface area contributed by atoms with Gasteiger partial charge >= 0.3 is 5.92 Å². The Hall–Kier alpha value is -0.540. The molecule has 0 aromatic heterocycles. The van der Waals surface area contributed by atoms with Gasteiger partial charge in [0.2, 0.25) is 0 Å². The van der Waals surface area contributed by atoms with E-state index in [1.165, 1.54) is 0 Å². The van der Waals surface area contributed by atoms with E-state index in [4.69, 9.17) is 0 Å². The molecule has 0 fully saturated rings. The van der Waals surface area contributed by atoms with Crippen LogP contribution in [0.25, 0.3) is 0 Å². The van der Waals surface area contributed by atoms with Crippen molar-refractivity contribution in [2.45, 2.75) is 12.1 Å². The normalized spacial score (nSPS) is 15.1. The van der Waals surface area contributed by atoms with Gasteiger partial charge in [-0.1, -0.05) is 12.7 Å². The predicted molar refractivity (Wildman–Crippen MR) is 26.0 cm³/mol. The van der Waals surface area contributed by atoms with Crippen molar-refractivity contribution in [3.8, 4) is 0 Å². The van der Waals surface area contributed by atoms with Crippen molar-refractivity contribution in [2.75, 3.05) is 6.67 Å². The molecular formula is C5H6F4. The first kappa shape index (κ1) is 8.46. The van der Waals surface area contributed by atoms with Crippen LogP contribution in [0, 0.1) is 0 Å². The minimum Gasteiger partial charge on any atom is -0.244 e. The summed E-state index contributed by atoms with van der Waals surface area (Å²) in [5.74, 6) is -3.90. The first-order valence-corrected chi connectivity index (χ1v) is 2.25. The highest BCUT2D eigenvalue weighted by Crippen LogP contribution is 2.22. The van der Waals surface area contributed by atoms with Gasteiger partial charge in [0, 0.05) is 0 Å². The molecule has 0 saturated carbocycles. The number of alkyl halides is 4. The molecule has 0 bridgehead atoms. The standard InChI is InChI=1S/C5H6F4/c1-2-4(7)5(8,9)3-6/h2,4H,1,3H2. The molecule has 0 amide bonds. The maximum atomic E-state index is 11.8. The lowest BCUT2D eigenvalue weighted by Gasteiger charge is -2.12. The fourth-order valence-electron chi connectivity index (χ4n) is 0.246. The Bertz CT molecular complexity index is 99.1. The molecule has 0 aromatic rings. The Morgan fingerprint density at radius 3 is 2.11 bits per heavy atom. The Morgan fingerprint density at radius 2 is 2.00 bits per heavy atom. The van der Waals surface area contributed by atoms with E-state index in [0.717, 1.165) is 0 Å². The molecule has 1 unspecified atom stereocenters. The zero-order chi connectivity index (χ0) is 7.49. The third kappa shape index (κ3) is 2.03. The summed E-state index contributed by atoms with van der Waals surface area (Å²) >= 11 is 0. The quantitative estimate of drug-likeness (QED) is 0.418. The average Bonchev–Trinajstić information content (AvgIpc) is 1.86. The zero-order valence-corrected chi connectivity index (χ0v) is 4.58. The third-order valence-corrected chi connectivity index (χ3v) is 0.789. The Kier molecular flexibility index (Phi) is 2.67. The van der Waals surface area contributed by atoms with E-state index in [9.17, 15) is 17.6 Å². The molecule has 1 atom stereocenters. The lowest BCUT2D eigenvalue weighted by atomic mass is 10.2. The van der Waals surface area contributed by atoms with Crippen molar-refractivity contribution >= 4 is 0 Å². The van der Waals surface area contributed by atoms with Crippen LogP contribution < -0.4 is 0 Å². The van der Waals surface area contributed by atoms with Crippen molar-refractivity contribution in [1.29, 1.82) is 0 Å². The summed E-state index contributed by atoms with van der Waals surface area (Å²) in [6.45, 7) is 0.767. The molecule has 0 aliphatic heterocycles. The highest BCUT2D eigenvalue weighted by molar-refractivity contribution is 4.89. The molecule has 0 saturated heterocycles. The summed E-state index contributed by atoms with van der Waals surface area (Å²) in [5.41, 5.74) is 0. The number of rotatable bonds is 3. The van der Waals surface area contributed by atoms with Crippen molar-refractivity contribution in [3.63, 3.8) is 0 Å². The van der Waals surface area contributed by atoms with Crippen molar-refractivity contribution in [1.82, 2.24) is 0 Å². The third-order valence-electron chi connectivity index (χ3n) is 0.789. The smallest absolute Gasteiger partial charge is 0.244 e. The largest absolute Gasteiger partial charge is 0.309 e. The van der Waals surface area contributed by atoms with Crippen LogP contribution in [0.2, 0.25) is 0 Å². The fourth-order valence-corrected chi connectivity index (χ4v) is 0.246. The zero-order valence-electron chi connectivity index (χ0n) is 4.58. The number of hydrogen-bond donors (Lipinski definition) is 0. The summed E-state index contributed by atoms with van der Waals surface area (Å²) in [6.07, 6.45) is -2.21. The Balaban J connectivity index is 3.95. The van der Waals surface area contributed by atoms with Crippen molar-refractivity contribution < 1.29 is 17.6 Å². The van der Waals surface area contributed by atoms with Crippen LogP contribution in [0.15, 0.2) is 12.7 Å². The second kappa shape index (κ2) is 2.85. The van der Waals surface area contributed by atoms with Crippen LogP contribution in [0.1, 0.15) is 0 Å². The maximum absolute atomic E-state index is 11.8. The molecule has 0 spiro atoms. The second-order valence-corrected chi connectivity index (χ2v) is 1.53. The van der Waals surface area contributed by atoms with Gasteiger partial charge in [0.1, 0.15) is 0 Å². The van der Waals surface area contributed by atoms with Crippen molar-refractivity contribution in [2.24, 2.45) is 0 Å². The summed E-state index contributed by atoms with van der Waals surface area (Å²) in [4.78, 5) is 0. The van der Waals surface area contributed by atoms with Gasteiger partial charge in [0.15, 0.2) is 12.8 Å². The highest BCUT2D eigenvalue weighted by atomic mass is 19.3. The summed E-state index contributed by atoms with van der Waals surface area (Å²) in [5, 5.41) is 0. The summed E-state index contributed by atoms with van der Waals surface area (Å²) < 4.78 is 46.4. The second-order valence-electron chi connectivity index (χ2n) is 1.53. The van der Waals surface area contributed by atoms with Crippen molar-refractivity contribution in [3.05, 3.63) is 12.7 Å². The monoisotopic (exact) mass is 142 g/mol. The molecule has 0 aliphatic rings. The SMILES string of the molecule is C=CC(F)C(F)(F)CF. The van der Waals surface area contributed by atoms with Crippen LogP contribution in [0.5, 0.6) is 0 Å². The van der Waals surface area contributed by atoms with Gasteiger partial charge in [-0.15, -0.1) is 0 Å². The molecule has 9 heavy (non-hydrogen) atoms. The number of allylic oxidation sites excluding steroid dienone is 1. The van der Waals surface area contributed by atoms with Gasteiger partial charge in [-0.05, 0) is 0 Å². The highest BCUT2D eigenvalue weighted by Gasteiger charge is 2.37. The van der Waals surface area contributed by atoms with E-state index in [-0.39, 0.29) is 0 Å². The molecule has 0 aromatic carbocycles. The molecular weight excluding hydrogens is 136 g/mol. The molecule has 0 radical (unpaired) electrons. The Morgan fingerprint density at radius 1 is 1.56 bits per heavy atom. The van der Waals surface area contributed by atoms with E-state index in [1.54, 1.807) is 0 Å². The first-order chi connectivity index (χ1) is 4.04. The molecule has 0 aliphatic carbocycles. The molecule has 0 rings (SSSR count). The van der Waals surface area contributed by atoms with E-state index in [2.05, 4.69) is 6.58 Å². The van der Waals surface area contributed by atoms with Gasteiger partial charge in [-0.2, -0.15) is 0 Å². The van der Waals surface area contributed by atoms with Gasteiger partial charge in [0.05, 0.1) is 0 Å². The lowest BCUT2D eigenvalue weighted by Crippen LogP contribution is -2.30. The summed E-state index contributed by atoms with van der Waals surface area (Å²) in [6, 6.07) is 0. The topological polar surface area (TPSA) is 0 Å². The average molecular weight is 142 g/mol. The molecule has 0 N–H and O–H groups in total. The molecule has 0 heterocycles. The van der Waals surface area contributed by atoms with Crippen LogP contribution >= 0.6 is 0 Å². The molecule has 0 nitrogen and oxygen atoms in total.